The standard InChI is InChI=1S/C6H10N4/c1-3-10-6(8-7)4-5(2)9-10/h3-4,8H,1,7H2,2H3. The Morgan fingerprint density at radius 1 is 1.90 bits per heavy atom. The zero-order valence-corrected chi connectivity index (χ0v) is 5.83. The maximum Gasteiger partial charge on any atom is 0.143 e. The van der Waals surface area contributed by atoms with E-state index in [-0.39, 0.29) is 0 Å². The number of nitrogens with zero attached hydrogens (tertiary/aromatic N) is 2. The highest BCUT2D eigenvalue weighted by molar-refractivity contribution is 5.41. The van der Waals surface area contributed by atoms with Gasteiger partial charge in [-0.05, 0) is 6.92 Å². The molecule has 0 aliphatic heterocycles. The lowest BCUT2D eigenvalue weighted by Crippen LogP contribution is -2.10. The Hall–Kier alpha value is -1.29. The van der Waals surface area contributed by atoms with Crippen LogP contribution in [0.2, 0.25) is 0 Å². The molecule has 4 nitrogen and oxygen atoms in total. The van der Waals surface area contributed by atoms with Crippen molar-refractivity contribution in [3.8, 4) is 0 Å². The topological polar surface area (TPSA) is 55.9 Å². The van der Waals surface area contributed by atoms with Crippen LogP contribution in [-0.4, -0.2) is 9.78 Å². The first kappa shape index (κ1) is 6.82. The molecule has 0 saturated heterocycles. The zero-order chi connectivity index (χ0) is 7.56. The monoisotopic (exact) mass is 138 g/mol. The first-order chi connectivity index (χ1) is 4.77. The van der Waals surface area contributed by atoms with E-state index in [0.717, 1.165) is 11.5 Å². The maximum absolute atomic E-state index is 5.18. The van der Waals surface area contributed by atoms with Gasteiger partial charge in [-0.2, -0.15) is 5.10 Å². The molecule has 3 N–H and O–H groups in total. The third-order valence-corrected chi connectivity index (χ3v) is 1.18. The summed E-state index contributed by atoms with van der Waals surface area (Å²) in [6.07, 6.45) is 1.59. The fourth-order valence-electron chi connectivity index (χ4n) is 0.764. The van der Waals surface area contributed by atoms with Gasteiger partial charge < -0.3 is 5.43 Å². The van der Waals surface area contributed by atoms with E-state index in [0.29, 0.717) is 0 Å². The van der Waals surface area contributed by atoms with Crippen molar-refractivity contribution >= 4 is 12.0 Å². The van der Waals surface area contributed by atoms with Gasteiger partial charge in [-0.1, -0.05) is 6.58 Å². The smallest absolute Gasteiger partial charge is 0.143 e. The van der Waals surface area contributed by atoms with E-state index >= 15 is 0 Å². The quantitative estimate of drug-likeness (QED) is 0.464. The number of nitrogen functional groups attached to an aromatic ring is 1. The molecule has 0 atom stereocenters. The minimum absolute atomic E-state index is 0.743. The van der Waals surface area contributed by atoms with Gasteiger partial charge in [0, 0.05) is 12.3 Å². The molecule has 0 spiro atoms. The Bertz CT molecular complexity index is 238. The number of rotatable bonds is 2. The Morgan fingerprint density at radius 3 is 3.00 bits per heavy atom. The van der Waals surface area contributed by atoms with E-state index in [1.165, 1.54) is 0 Å². The Morgan fingerprint density at radius 2 is 2.60 bits per heavy atom. The van der Waals surface area contributed by atoms with E-state index in [2.05, 4.69) is 17.1 Å². The van der Waals surface area contributed by atoms with Crippen molar-refractivity contribution < 1.29 is 0 Å². The van der Waals surface area contributed by atoms with Crippen molar-refractivity contribution in [3.05, 3.63) is 18.3 Å². The van der Waals surface area contributed by atoms with Gasteiger partial charge in [-0.15, -0.1) is 0 Å². The molecule has 0 amide bonds. The lowest BCUT2D eigenvalue weighted by molar-refractivity contribution is 0.912. The van der Waals surface area contributed by atoms with Crippen molar-refractivity contribution in [2.45, 2.75) is 6.92 Å². The second-order valence-electron chi connectivity index (χ2n) is 1.94. The zero-order valence-electron chi connectivity index (χ0n) is 5.83. The molecule has 0 bridgehead atoms. The normalized spacial score (nSPS) is 9.40. The summed E-state index contributed by atoms with van der Waals surface area (Å²) in [6.45, 7) is 5.45. The molecule has 0 aliphatic carbocycles. The summed E-state index contributed by atoms with van der Waals surface area (Å²) in [4.78, 5) is 0. The average Bonchev–Trinajstić information content (AvgIpc) is 2.30. The highest BCUT2D eigenvalue weighted by Gasteiger charge is 1.97. The second-order valence-corrected chi connectivity index (χ2v) is 1.94. The van der Waals surface area contributed by atoms with Crippen LogP contribution >= 0.6 is 0 Å². The minimum atomic E-state index is 0.743. The van der Waals surface area contributed by atoms with Gasteiger partial charge in [-0.25, -0.2) is 10.5 Å². The number of aromatic nitrogens is 2. The van der Waals surface area contributed by atoms with Gasteiger partial charge in [0.15, 0.2) is 0 Å². The molecule has 1 heterocycles. The highest BCUT2D eigenvalue weighted by Crippen LogP contribution is 2.07. The third-order valence-electron chi connectivity index (χ3n) is 1.18. The number of anilines is 1. The van der Waals surface area contributed by atoms with E-state index in [1.807, 2.05) is 13.0 Å². The van der Waals surface area contributed by atoms with Crippen molar-refractivity contribution in [2.75, 3.05) is 5.43 Å². The van der Waals surface area contributed by atoms with E-state index < -0.39 is 0 Å². The van der Waals surface area contributed by atoms with Gasteiger partial charge in [0.2, 0.25) is 0 Å². The summed E-state index contributed by atoms with van der Waals surface area (Å²) in [5.74, 6) is 5.92. The van der Waals surface area contributed by atoms with E-state index in [9.17, 15) is 0 Å². The summed E-state index contributed by atoms with van der Waals surface area (Å²) in [6, 6.07) is 1.84. The Balaban J connectivity index is 3.08. The molecule has 0 fully saturated rings. The fourth-order valence-corrected chi connectivity index (χ4v) is 0.764. The molecule has 4 heteroatoms. The van der Waals surface area contributed by atoms with Gasteiger partial charge >= 0.3 is 0 Å². The molecular formula is C6H10N4. The molecule has 0 aromatic carbocycles. The van der Waals surface area contributed by atoms with Crippen LogP contribution in [0.25, 0.3) is 6.20 Å². The largest absolute Gasteiger partial charge is 0.308 e. The first-order valence-electron chi connectivity index (χ1n) is 2.93. The lowest BCUT2D eigenvalue weighted by Gasteiger charge is -1.97. The lowest BCUT2D eigenvalue weighted by atomic mass is 10.5. The Labute approximate surface area is 59.3 Å². The third kappa shape index (κ3) is 1.01. The van der Waals surface area contributed by atoms with Crippen molar-refractivity contribution in [1.29, 1.82) is 0 Å². The number of nitrogens with one attached hydrogen (secondary N) is 1. The number of hydrogen-bond acceptors (Lipinski definition) is 3. The average molecular weight is 138 g/mol. The summed E-state index contributed by atoms with van der Waals surface area (Å²) in [5.41, 5.74) is 3.41. The minimum Gasteiger partial charge on any atom is -0.308 e. The number of aryl methyl sites for hydroxylation is 1. The highest BCUT2D eigenvalue weighted by atomic mass is 15.4. The number of hydrazine groups is 1. The summed E-state index contributed by atoms with van der Waals surface area (Å²) in [5, 5.41) is 4.06. The number of hydrogen-bond donors (Lipinski definition) is 2. The van der Waals surface area contributed by atoms with Crippen molar-refractivity contribution in [3.63, 3.8) is 0 Å². The molecule has 0 unspecified atom stereocenters. The van der Waals surface area contributed by atoms with Crippen LogP contribution in [0.4, 0.5) is 5.82 Å². The Kier molecular flexibility index (Phi) is 1.73. The molecule has 0 saturated carbocycles. The van der Waals surface area contributed by atoms with Crippen LogP contribution in [0, 0.1) is 6.92 Å². The second kappa shape index (κ2) is 2.53. The molecule has 0 radical (unpaired) electrons. The predicted octanol–water partition coefficient (Wildman–Crippen LogP) is 0.578. The maximum atomic E-state index is 5.18. The van der Waals surface area contributed by atoms with Gasteiger partial charge in [-0.3, -0.25) is 0 Å². The summed E-state index contributed by atoms with van der Waals surface area (Å²) in [7, 11) is 0. The summed E-state index contributed by atoms with van der Waals surface area (Å²) >= 11 is 0. The molecular weight excluding hydrogens is 128 g/mol. The molecule has 0 aliphatic rings. The molecule has 1 aromatic rings. The predicted molar refractivity (Wildman–Crippen MR) is 41.2 cm³/mol. The van der Waals surface area contributed by atoms with Crippen LogP contribution in [0.3, 0.4) is 0 Å². The van der Waals surface area contributed by atoms with Crippen LogP contribution < -0.4 is 11.3 Å². The van der Waals surface area contributed by atoms with Gasteiger partial charge in [0.1, 0.15) is 5.82 Å². The fraction of sp³-hybridized carbons (Fsp3) is 0.167. The van der Waals surface area contributed by atoms with Gasteiger partial charge in [0.25, 0.3) is 0 Å². The summed E-state index contributed by atoms with van der Waals surface area (Å²) < 4.78 is 1.58. The van der Waals surface area contributed by atoms with Crippen molar-refractivity contribution in [2.24, 2.45) is 5.84 Å². The van der Waals surface area contributed by atoms with Crippen LogP contribution in [0.5, 0.6) is 0 Å². The van der Waals surface area contributed by atoms with E-state index in [1.54, 1.807) is 10.9 Å². The molecule has 1 aromatic heterocycles. The van der Waals surface area contributed by atoms with Crippen LogP contribution in [0.15, 0.2) is 12.6 Å². The van der Waals surface area contributed by atoms with Gasteiger partial charge in [0.05, 0.1) is 5.69 Å². The first-order valence-corrected chi connectivity index (χ1v) is 2.93. The molecule has 10 heavy (non-hydrogen) atoms. The van der Waals surface area contributed by atoms with Crippen molar-refractivity contribution in [1.82, 2.24) is 9.78 Å². The van der Waals surface area contributed by atoms with Crippen LogP contribution in [-0.2, 0) is 0 Å². The molecule has 1 rings (SSSR count). The van der Waals surface area contributed by atoms with E-state index in [4.69, 9.17) is 5.84 Å². The van der Waals surface area contributed by atoms with Crippen LogP contribution in [0.1, 0.15) is 5.69 Å². The SMILES string of the molecule is C=Cn1nc(C)cc1NN. The molecule has 54 valence electrons. The number of nitrogens with two attached hydrogens (primary N) is 1.